The number of aliphatic hydroxyl groups excluding tert-OH is 1. The van der Waals surface area contributed by atoms with Gasteiger partial charge in [0.15, 0.2) is 0 Å². The molecule has 0 radical (unpaired) electrons. The number of hydrogen-bond acceptors (Lipinski definition) is 3. The van der Waals surface area contributed by atoms with E-state index in [1.54, 1.807) is 0 Å². The molecule has 0 saturated carbocycles. The standard InChI is InChI=1S/C17H36N2O/c1-5-16-9-8-12-19(13-16)11-7-6-10-17(4,14-20)18-15(2)3/h15-16,18,20H,5-14H2,1-4H3. The number of rotatable bonds is 9. The molecule has 0 aromatic carbocycles. The van der Waals surface area contributed by atoms with Crippen LogP contribution in [-0.2, 0) is 0 Å². The van der Waals surface area contributed by atoms with Gasteiger partial charge >= 0.3 is 0 Å². The summed E-state index contributed by atoms with van der Waals surface area (Å²) in [5, 5.41) is 13.1. The van der Waals surface area contributed by atoms with Crippen LogP contribution in [0.2, 0.25) is 0 Å². The molecule has 3 heteroatoms. The molecule has 1 saturated heterocycles. The summed E-state index contributed by atoms with van der Waals surface area (Å²) < 4.78 is 0. The number of nitrogens with zero attached hydrogens (tertiary/aromatic N) is 1. The van der Waals surface area contributed by atoms with Crippen LogP contribution in [-0.4, -0.2) is 47.8 Å². The van der Waals surface area contributed by atoms with Crippen LogP contribution in [0.5, 0.6) is 0 Å². The van der Waals surface area contributed by atoms with Crippen LogP contribution in [0.15, 0.2) is 0 Å². The van der Waals surface area contributed by atoms with Crippen molar-refractivity contribution in [3.63, 3.8) is 0 Å². The molecule has 2 unspecified atom stereocenters. The third-order valence-electron chi connectivity index (χ3n) is 4.62. The quantitative estimate of drug-likeness (QED) is 0.639. The van der Waals surface area contributed by atoms with Crippen LogP contribution in [0, 0.1) is 5.92 Å². The van der Waals surface area contributed by atoms with E-state index >= 15 is 0 Å². The van der Waals surface area contributed by atoms with Gasteiger partial charge in [-0.2, -0.15) is 0 Å². The molecule has 0 aromatic rings. The van der Waals surface area contributed by atoms with E-state index in [4.69, 9.17) is 0 Å². The highest BCUT2D eigenvalue weighted by Gasteiger charge is 2.23. The van der Waals surface area contributed by atoms with Gasteiger partial charge in [-0.3, -0.25) is 0 Å². The molecule has 1 fully saturated rings. The Morgan fingerprint density at radius 3 is 2.70 bits per heavy atom. The number of piperidine rings is 1. The van der Waals surface area contributed by atoms with Gasteiger partial charge in [-0.15, -0.1) is 0 Å². The third kappa shape index (κ3) is 6.55. The summed E-state index contributed by atoms with van der Waals surface area (Å²) in [6, 6.07) is 0.430. The van der Waals surface area contributed by atoms with E-state index in [-0.39, 0.29) is 12.1 Å². The van der Waals surface area contributed by atoms with Gasteiger partial charge in [-0.05, 0) is 51.6 Å². The predicted octanol–water partition coefficient (Wildman–Crippen LogP) is 3.03. The van der Waals surface area contributed by atoms with Crippen molar-refractivity contribution in [2.24, 2.45) is 5.92 Å². The van der Waals surface area contributed by atoms with Crippen molar-refractivity contribution in [1.29, 1.82) is 0 Å². The Balaban J connectivity index is 2.20. The van der Waals surface area contributed by atoms with Crippen molar-refractivity contribution in [3.8, 4) is 0 Å². The number of nitrogens with one attached hydrogen (secondary N) is 1. The minimum absolute atomic E-state index is 0.109. The maximum absolute atomic E-state index is 9.58. The molecule has 120 valence electrons. The molecule has 0 amide bonds. The molecular weight excluding hydrogens is 248 g/mol. The first-order valence-electron chi connectivity index (χ1n) is 8.60. The lowest BCUT2D eigenvalue weighted by Crippen LogP contribution is -2.49. The average Bonchev–Trinajstić information content (AvgIpc) is 2.43. The Hall–Kier alpha value is -0.120. The van der Waals surface area contributed by atoms with Gasteiger partial charge in [-0.25, -0.2) is 0 Å². The molecular formula is C17H36N2O. The molecule has 0 spiro atoms. The molecule has 0 aromatic heterocycles. The van der Waals surface area contributed by atoms with Crippen molar-refractivity contribution in [1.82, 2.24) is 10.2 Å². The second-order valence-corrected chi connectivity index (χ2v) is 7.19. The zero-order valence-electron chi connectivity index (χ0n) is 14.1. The van der Waals surface area contributed by atoms with Crippen LogP contribution in [0.3, 0.4) is 0 Å². The zero-order chi connectivity index (χ0) is 15.0. The van der Waals surface area contributed by atoms with Gasteiger partial charge in [0.25, 0.3) is 0 Å². The summed E-state index contributed by atoms with van der Waals surface area (Å²) >= 11 is 0. The Morgan fingerprint density at radius 2 is 2.10 bits per heavy atom. The normalized spacial score (nSPS) is 24.0. The Bertz CT molecular complexity index is 257. The van der Waals surface area contributed by atoms with Crippen molar-refractivity contribution in [2.45, 2.75) is 77.8 Å². The summed E-state index contributed by atoms with van der Waals surface area (Å²) in [6.45, 7) is 12.8. The topological polar surface area (TPSA) is 35.5 Å². The molecule has 2 N–H and O–H groups in total. The lowest BCUT2D eigenvalue weighted by Gasteiger charge is -2.33. The van der Waals surface area contributed by atoms with E-state index in [0.717, 1.165) is 12.3 Å². The first-order chi connectivity index (χ1) is 9.49. The first kappa shape index (κ1) is 17.9. The summed E-state index contributed by atoms with van der Waals surface area (Å²) in [7, 11) is 0. The van der Waals surface area contributed by atoms with Gasteiger partial charge < -0.3 is 15.3 Å². The minimum atomic E-state index is -0.109. The SMILES string of the molecule is CCC1CCCN(CCCCC(C)(CO)NC(C)C)C1. The van der Waals surface area contributed by atoms with Gasteiger partial charge in [0.1, 0.15) is 0 Å². The summed E-state index contributed by atoms with van der Waals surface area (Å²) in [5.74, 6) is 0.925. The van der Waals surface area contributed by atoms with E-state index in [1.165, 1.54) is 51.7 Å². The molecule has 1 rings (SSSR count). The van der Waals surface area contributed by atoms with Gasteiger partial charge in [0, 0.05) is 18.1 Å². The van der Waals surface area contributed by atoms with Crippen LogP contribution in [0.4, 0.5) is 0 Å². The maximum atomic E-state index is 9.58. The predicted molar refractivity (Wildman–Crippen MR) is 87.1 cm³/mol. The highest BCUT2D eigenvalue weighted by atomic mass is 16.3. The van der Waals surface area contributed by atoms with Gasteiger partial charge in [0.05, 0.1) is 6.61 Å². The van der Waals surface area contributed by atoms with Crippen molar-refractivity contribution < 1.29 is 5.11 Å². The fourth-order valence-corrected chi connectivity index (χ4v) is 3.43. The highest BCUT2D eigenvalue weighted by molar-refractivity contribution is 4.84. The highest BCUT2D eigenvalue weighted by Crippen LogP contribution is 2.20. The maximum Gasteiger partial charge on any atom is 0.0610 e. The molecule has 0 bridgehead atoms. The van der Waals surface area contributed by atoms with Crippen LogP contribution in [0.25, 0.3) is 0 Å². The van der Waals surface area contributed by atoms with Crippen LogP contribution in [0.1, 0.15) is 66.2 Å². The third-order valence-corrected chi connectivity index (χ3v) is 4.62. The van der Waals surface area contributed by atoms with Gasteiger partial charge in [0.2, 0.25) is 0 Å². The lowest BCUT2D eigenvalue weighted by molar-refractivity contribution is 0.145. The Morgan fingerprint density at radius 1 is 1.35 bits per heavy atom. The summed E-state index contributed by atoms with van der Waals surface area (Å²) in [6.07, 6.45) is 7.65. The lowest BCUT2D eigenvalue weighted by atomic mass is 9.93. The Labute approximate surface area is 126 Å². The molecule has 20 heavy (non-hydrogen) atoms. The fourth-order valence-electron chi connectivity index (χ4n) is 3.43. The van der Waals surface area contributed by atoms with Crippen LogP contribution < -0.4 is 5.32 Å². The number of aliphatic hydroxyl groups is 1. The molecule has 1 heterocycles. The average molecular weight is 284 g/mol. The zero-order valence-corrected chi connectivity index (χ0v) is 14.1. The molecule has 3 nitrogen and oxygen atoms in total. The minimum Gasteiger partial charge on any atom is -0.394 e. The first-order valence-corrected chi connectivity index (χ1v) is 8.60. The van der Waals surface area contributed by atoms with E-state index in [0.29, 0.717) is 6.04 Å². The molecule has 2 atom stereocenters. The van der Waals surface area contributed by atoms with Gasteiger partial charge in [-0.1, -0.05) is 33.6 Å². The second-order valence-electron chi connectivity index (χ2n) is 7.19. The fraction of sp³-hybridized carbons (Fsp3) is 1.00. The van der Waals surface area contributed by atoms with E-state index in [2.05, 4.69) is 37.9 Å². The number of unbranched alkanes of at least 4 members (excludes halogenated alkanes) is 1. The second kappa shape index (κ2) is 9.01. The molecule has 0 aliphatic carbocycles. The van der Waals surface area contributed by atoms with E-state index in [9.17, 15) is 5.11 Å². The van der Waals surface area contributed by atoms with Crippen molar-refractivity contribution in [2.75, 3.05) is 26.2 Å². The Kier molecular flexibility index (Phi) is 8.08. The molecule has 1 aliphatic heterocycles. The summed E-state index contributed by atoms with van der Waals surface area (Å²) in [4.78, 5) is 2.64. The van der Waals surface area contributed by atoms with Crippen molar-refractivity contribution >= 4 is 0 Å². The smallest absolute Gasteiger partial charge is 0.0610 e. The number of likely N-dealkylation sites (tertiary alicyclic amines) is 1. The van der Waals surface area contributed by atoms with Crippen molar-refractivity contribution in [3.05, 3.63) is 0 Å². The van der Waals surface area contributed by atoms with Crippen LogP contribution >= 0.6 is 0 Å². The number of hydrogen-bond donors (Lipinski definition) is 2. The largest absolute Gasteiger partial charge is 0.394 e. The van der Waals surface area contributed by atoms with E-state index in [1.807, 2.05) is 0 Å². The monoisotopic (exact) mass is 284 g/mol. The van der Waals surface area contributed by atoms with E-state index < -0.39 is 0 Å². The summed E-state index contributed by atoms with van der Waals surface area (Å²) in [5.41, 5.74) is -0.109. The molecule has 1 aliphatic rings.